The maximum Gasteiger partial charge on any atom is 0.402 e. The molecular weight excluding hydrogens is 317 g/mol. The molecule has 0 aliphatic rings. The van der Waals surface area contributed by atoms with Gasteiger partial charge in [0.15, 0.2) is 5.16 Å². The Morgan fingerprint density at radius 2 is 1.65 bits per heavy atom. The molecule has 7 heteroatoms. The lowest BCUT2D eigenvalue weighted by molar-refractivity contribution is -0.122. The van der Waals surface area contributed by atoms with Gasteiger partial charge >= 0.3 is 6.18 Å². The minimum atomic E-state index is -4.23. The quantitative estimate of drug-likeness (QED) is 0.479. The van der Waals surface area contributed by atoms with Gasteiger partial charge in [0.05, 0.1) is 0 Å². The fraction of sp³-hybridized carbons (Fsp3) is 0.600. The normalized spacial score (nSPS) is 13.8. The number of rotatable bonds is 3. The van der Waals surface area contributed by atoms with Gasteiger partial charge in [0, 0.05) is 17.1 Å². The molecule has 1 atom stereocenters. The van der Waals surface area contributed by atoms with E-state index in [-0.39, 0.29) is 5.75 Å². The molecule has 0 aromatic carbocycles. The van der Waals surface area contributed by atoms with Gasteiger partial charge in [-0.3, -0.25) is 0 Å². The third kappa shape index (κ3) is 4.13. The van der Waals surface area contributed by atoms with Gasteiger partial charge in [0.25, 0.3) is 0 Å². The fourth-order valence-corrected chi connectivity index (χ4v) is 2.33. The van der Waals surface area contributed by atoms with Gasteiger partial charge in [-0.1, -0.05) is 27.7 Å². The highest BCUT2D eigenvalue weighted by atomic mass is 79.9. The van der Waals surface area contributed by atoms with E-state index in [1.807, 2.05) is 20.8 Å². The molecule has 2 nitrogen and oxygen atoms in total. The molecule has 1 aromatic heterocycles. The zero-order valence-corrected chi connectivity index (χ0v) is 12.0. The van der Waals surface area contributed by atoms with Crippen molar-refractivity contribution < 1.29 is 13.2 Å². The van der Waals surface area contributed by atoms with Crippen molar-refractivity contribution in [2.75, 3.05) is 5.75 Å². The van der Waals surface area contributed by atoms with Crippen LogP contribution in [-0.4, -0.2) is 26.7 Å². The zero-order chi connectivity index (χ0) is 13.2. The number of thioether (sulfide) groups is 1. The predicted octanol–water partition coefficient (Wildman–Crippen LogP) is 3.82. The molecule has 1 unspecified atom stereocenters. The Hall–Kier alpha value is -0.300. The largest absolute Gasteiger partial charge is 0.402 e. The Bertz CT molecular complexity index is 386. The lowest BCUT2D eigenvalue weighted by Gasteiger charge is -2.13. The van der Waals surface area contributed by atoms with Crippen LogP contribution in [0.1, 0.15) is 17.0 Å². The van der Waals surface area contributed by atoms with Crippen LogP contribution in [0, 0.1) is 20.8 Å². The van der Waals surface area contributed by atoms with Crippen LogP contribution in [0.4, 0.5) is 13.2 Å². The predicted molar refractivity (Wildman–Crippen MR) is 65.7 cm³/mol. The van der Waals surface area contributed by atoms with E-state index in [0.717, 1.165) is 28.7 Å². The number of aryl methyl sites for hydroxylation is 2. The minimum Gasteiger partial charge on any atom is -0.228 e. The van der Waals surface area contributed by atoms with E-state index in [2.05, 4.69) is 25.9 Å². The third-order valence-corrected chi connectivity index (χ3v) is 4.54. The van der Waals surface area contributed by atoms with Crippen molar-refractivity contribution in [3.8, 4) is 0 Å². The van der Waals surface area contributed by atoms with Gasteiger partial charge in [-0.15, -0.1) is 0 Å². The molecule has 96 valence electrons. The highest BCUT2D eigenvalue weighted by Gasteiger charge is 2.37. The molecule has 0 amide bonds. The van der Waals surface area contributed by atoms with E-state index in [1.54, 1.807) is 0 Å². The second-order valence-corrected chi connectivity index (χ2v) is 5.71. The Kier molecular flexibility index (Phi) is 4.83. The monoisotopic (exact) mass is 328 g/mol. The van der Waals surface area contributed by atoms with Crippen molar-refractivity contribution in [1.82, 2.24) is 9.97 Å². The first-order valence-electron chi connectivity index (χ1n) is 4.87. The Balaban J connectivity index is 2.71. The molecule has 1 heterocycles. The van der Waals surface area contributed by atoms with Crippen molar-refractivity contribution >= 4 is 27.7 Å². The standard InChI is InChI=1S/C10H12BrF3N2S/c1-5-6(2)15-9(16-7(5)3)17-4-8(11)10(12,13)14/h8H,4H2,1-3H3. The number of hydrogen-bond acceptors (Lipinski definition) is 3. The maximum absolute atomic E-state index is 12.3. The average Bonchev–Trinajstić information content (AvgIpc) is 2.20. The van der Waals surface area contributed by atoms with Gasteiger partial charge < -0.3 is 0 Å². The van der Waals surface area contributed by atoms with E-state index in [1.165, 1.54) is 0 Å². The van der Waals surface area contributed by atoms with Gasteiger partial charge in [-0.25, -0.2) is 9.97 Å². The lowest BCUT2D eigenvalue weighted by Crippen LogP contribution is -2.25. The van der Waals surface area contributed by atoms with Crippen LogP contribution in [0.25, 0.3) is 0 Å². The Morgan fingerprint density at radius 1 is 1.18 bits per heavy atom. The summed E-state index contributed by atoms with van der Waals surface area (Å²) in [6.07, 6.45) is -4.23. The highest BCUT2D eigenvalue weighted by molar-refractivity contribution is 9.09. The molecule has 0 aliphatic carbocycles. The SMILES string of the molecule is Cc1nc(SCC(Br)C(F)(F)F)nc(C)c1C. The van der Waals surface area contributed by atoms with Crippen LogP contribution in [0.2, 0.25) is 0 Å². The molecule has 0 saturated heterocycles. The third-order valence-electron chi connectivity index (χ3n) is 2.33. The summed E-state index contributed by atoms with van der Waals surface area (Å²) in [4.78, 5) is 6.77. The summed E-state index contributed by atoms with van der Waals surface area (Å²) >= 11 is 3.61. The number of halogens is 4. The summed E-state index contributed by atoms with van der Waals surface area (Å²) in [5.74, 6) is -0.133. The minimum absolute atomic E-state index is 0.133. The van der Waals surface area contributed by atoms with Crippen LogP contribution in [0.5, 0.6) is 0 Å². The van der Waals surface area contributed by atoms with E-state index in [0.29, 0.717) is 5.16 Å². The summed E-state index contributed by atoms with van der Waals surface area (Å²) in [6.45, 7) is 5.54. The molecule has 0 saturated carbocycles. The number of aromatic nitrogens is 2. The van der Waals surface area contributed by atoms with Gasteiger partial charge in [0.2, 0.25) is 0 Å². The van der Waals surface area contributed by atoms with Gasteiger partial charge in [-0.05, 0) is 26.3 Å². The molecule has 1 rings (SSSR count). The fourth-order valence-electron chi connectivity index (χ4n) is 1.05. The molecule has 0 bridgehead atoms. The summed E-state index contributed by atoms with van der Waals surface area (Å²) in [7, 11) is 0. The lowest BCUT2D eigenvalue weighted by atomic mass is 10.2. The molecule has 0 fully saturated rings. The van der Waals surface area contributed by atoms with Crippen molar-refractivity contribution in [2.24, 2.45) is 0 Å². The topological polar surface area (TPSA) is 25.8 Å². The Morgan fingerprint density at radius 3 is 2.06 bits per heavy atom. The van der Waals surface area contributed by atoms with E-state index < -0.39 is 11.0 Å². The number of hydrogen-bond donors (Lipinski definition) is 0. The van der Waals surface area contributed by atoms with Crippen LogP contribution in [-0.2, 0) is 0 Å². The highest BCUT2D eigenvalue weighted by Crippen LogP contribution is 2.30. The zero-order valence-electron chi connectivity index (χ0n) is 9.60. The van der Waals surface area contributed by atoms with Crippen molar-refractivity contribution in [3.63, 3.8) is 0 Å². The summed E-state index contributed by atoms with van der Waals surface area (Å²) in [5.41, 5.74) is 2.58. The summed E-state index contributed by atoms with van der Waals surface area (Å²) < 4.78 is 36.8. The number of nitrogens with zero attached hydrogens (tertiary/aromatic N) is 2. The molecule has 0 aliphatic heterocycles. The average molecular weight is 329 g/mol. The molecular formula is C10H12BrF3N2S. The summed E-state index contributed by atoms with van der Waals surface area (Å²) in [5, 5.41) is 0.388. The molecule has 17 heavy (non-hydrogen) atoms. The van der Waals surface area contributed by atoms with Crippen LogP contribution < -0.4 is 0 Å². The smallest absolute Gasteiger partial charge is 0.228 e. The van der Waals surface area contributed by atoms with Crippen molar-refractivity contribution in [1.29, 1.82) is 0 Å². The van der Waals surface area contributed by atoms with Gasteiger partial charge in [0.1, 0.15) is 4.83 Å². The first-order chi connectivity index (χ1) is 7.71. The first kappa shape index (κ1) is 14.8. The van der Waals surface area contributed by atoms with E-state index in [9.17, 15) is 13.2 Å². The molecule has 1 aromatic rings. The first-order valence-corrected chi connectivity index (χ1v) is 6.77. The van der Waals surface area contributed by atoms with Crippen LogP contribution in [0.15, 0.2) is 5.16 Å². The van der Waals surface area contributed by atoms with Crippen molar-refractivity contribution in [2.45, 2.75) is 36.9 Å². The maximum atomic E-state index is 12.3. The van der Waals surface area contributed by atoms with Gasteiger partial charge in [-0.2, -0.15) is 13.2 Å². The van der Waals surface area contributed by atoms with Crippen LogP contribution in [0.3, 0.4) is 0 Å². The second kappa shape index (κ2) is 5.56. The molecule has 0 radical (unpaired) electrons. The molecule has 0 spiro atoms. The second-order valence-electron chi connectivity index (χ2n) is 3.62. The van der Waals surface area contributed by atoms with E-state index in [4.69, 9.17) is 0 Å². The number of alkyl halides is 4. The van der Waals surface area contributed by atoms with Crippen LogP contribution >= 0.6 is 27.7 Å². The van der Waals surface area contributed by atoms with Crippen molar-refractivity contribution in [3.05, 3.63) is 17.0 Å². The van der Waals surface area contributed by atoms with E-state index >= 15 is 0 Å². The Labute approximate surface area is 111 Å². The molecule has 0 N–H and O–H groups in total. The summed E-state index contributed by atoms with van der Waals surface area (Å²) in [6, 6.07) is 0.